The third kappa shape index (κ3) is 2.24. The van der Waals surface area contributed by atoms with Gasteiger partial charge < -0.3 is 10.6 Å². The van der Waals surface area contributed by atoms with Crippen molar-refractivity contribution in [2.45, 2.75) is 25.8 Å². The first-order valence-corrected chi connectivity index (χ1v) is 6.11. The highest BCUT2D eigenvalue weighted by atomic mass is 15.3. The van der Waals surface area contributed by atoms with Gasteiger partial charge in [0.2, 0.25) is 5.95 Å². The summed E-state index contributed by atoms with van der Waals surface area (Å²) in [5.74, 6) is 0.726. The van der Waals surface area contributed by atoms with Gasteiger partial charge >= 0.3 is 0 Å². The summed E-state index contributed by atoms with van der Waals surface area (Å²) in [5, 5.41) is 11.2. The Kier molecular flexibility index (Phi) is 2.68. The van der Waals surface area contributed by atoms with E-state index in [0.717, 1.165) is 24.7 Å². The maximum Gasteiger partial charge on any atom is 0.243 e. The summed E-state index contributed by atoms with van der Waals surface area (Å²) in [7, 11) is 0. The number of nitrogens with zero attached hydrogens (tertiary/aromatic N) is 3. The van der Waals surface area contributed by atoms with Crippen molar-refractivity contribution in [1.29, 1.82) is 0 Å². The Hall–Kier alpha value is -1.62. The van der Waals surface area contributed by atoms with Gasteiger partial charge in [0.25, 0.3) is 0 Å². The number of hydrogen-bond acceptors (Lipinski definition) is 4. The first kappa shape index (κ1) is 10.5. The van der Waals surface area contributed by atoms with E-state index < -0.39 is 0 Å². The van der Waals surface area contributed by atoms with Crippen LogP contribution in [-0.4, -0.2) is 33.7 Å². The van der Waals surface area contributed by atoms with Crippen molar-refractivity contribution in [3.05, 3.63) is 23.9 Å². The Morgan fingerprint density at radius 1 is 1.47 bits per heavy atom. The molecule has 0 saturated carbocycles. The Morgan fingerprint density at radius 3 is 3.24 bits per heavy atom. The van der Waals surface area contributed by atoms with E-state index in [1.807, 2.05) is 16.8 Å². The molecule has 1 aliphatic rings. The predicted octanol–water partition coefficient (Wildman–Crippen LogP) is 1.20. The monoisotopic (exact) mass is 231 g/mol. The van der Waals surface area contributed by atoms with Crippen LogP contribution in [0, 0.1) is 6.92 Å². The lowest BCUT2D eigenvalue weighted by molar-refractivity contribution is 0.478. The SMILES string of the molecule is Cc1ccc2nc(NC3CCCNC3)nn2c1. The molecule has 1 unspecified atom stereocenters. The Labute approximate surface area is 100 Å². The molecule has 5 heteroatoms. The number of fused-ring (bicyclic) bond motifs is 1. The molecule has 90 valence electrons. The van der Waals surface area contributed by atoms with Gasteiger partial charge in [-0.1, -0.05) is 6.07 Å². The second kappa shape index (κ2) is 4.33. The van der Waals surface area contributed by atoms with Gasteiger partial charge in [0.05, 0.1) is 0 Å². The van der Waals surface area contributed by atoms with E-state index in [9.17, 15) is 0 Å². The van der Waals surface area contributed by atoms with Crippen LogP contribution in [0.15, 0.2) is 18.3 Å². The minimum absolute atomic E-state index is 0.447. The highest BCUT2D eigenvalue weighted by Crippen LogP contribution is 2.11. The molecule has 0 radical (unpaired) electrons. The summed E-state index contributed by atoms with van der Waals surface area (Å²) in [6.07, 6.45) is 4.39. The fourth-order valence-corrected chi connectivity index (χ4v) is 2.20. The van der Waals surface area contributed by atoms with Gasteiger partial charge in [-0.3, -0.25) is 0 Å². The average molecular weight is 231 g/mol. The zero-order valence-corrected chi connectivity index (χ0v) is 9.98. The molecule has 2 aromatic heterocycles. The van der Waals surface area contributed by atoms with Crippen molar-refractivity contribution in [3.63, 3.8) is 0 Å². The van der Waals surface area contributed by atoms with E-state index in [1.54, 1.807) is 0 Å². The Balaban J connectivity index is 1.80. The molecule has 1 fully saturated rings. The molecule has 5 nitrogen and oxygen atoms in total. The summed E-state index contributed by atoms with van der Waals surface area (Å²) in [6, 6.07) is 4.49. The minimum Gasteiger partial charge on any atom is -0.349 e. The van der Waals surface area contributed by atoms with Crippen molar-refractivity contribution in [2.24, 2.45) is 0 Å². The van der Waals surface area contributed by atoms with Crippen molar-refractivity contribution in [1.82, 2.24) is 19.9 Å². The standard InChI is InChI=1S/C12H17N5/c1-9-4-5-11-15-12(16-17(11)8-9)14-10-3-2-6-13-7-10/h4-5,8,10,13H,2-3,6-7H2,1H3,(H,14,16). The quantitative estimate of drug-likeness (QED) is 0.815. The summed E-state index contributed by atoms with van der Waals surface area (Å²) in [5.41, 5.74) is 2.08. The number of piperidine rings is 1. The van der Waals surface area contributed by atoms with Gasteiger partial charge in [0.1, 0.15) is 0 Å². The highest BCUT2D eigenvalue weighted by molar-refractivity contribution is 5.44. The van der Waals surface area contributed by atoms with Gasteiger partial charge in [-0.05, 0) is 37.9 Å². The molecule has 0 amide bonds. The normalized spacial score (nSPS) is 20.6. The first-order chi connectivity index (χ1) is 8.31. The molecule has 2 aromatic rings. The van der Waals surface area contributed by atoms with E-state index in [1.165, 1.54) is 18.4 Å². The summed E-state index contributed by atoms with van der Waals surface area (Å²) in [6.45, 7) is 4.17. The number of pyridine rings is 1. The average Bonchev–Trinajstić information content (AvgIpc) is 2.71. The molecule has 17 heavy (non-hydrogen) atoms. The third-order valence-corrected chi connectivity index (χ3v) is 3.11. The molecule has 0 bridgehead atoms. The molecular formula is C12H17N5. The van der Waals surface area contributed by atoms with Crippen LogP contribution in [0.5, 0.6) is 0 Å². The largest absolute Gasteiger partial charge is 0.349 e. The van der Waals surface area contributed by atoms with Crippen molar-refractivity contribution < 1.29 is 0 Å². The van der Waals surface area contributed by atoms with Crippen LogP contribution in [0.2, 0.25) is 0 Å². The van der Waals surface area contributed by atoms with Crippen LogP contribution >= 0.6 is 0 Å². The van der Waals surface area contributed by atoms with Crippen LogP contribution in [0.1, 0.15) is 18.4 Å². The maximum atomic E-state index is 4.46. The number of nitrogens with one attached hydrogen (secondary N) is 2. The molecule has 1 saturated heterocycles. The van der Waals surface area contributed by atoms with E-state index in [2.05, 4.69) is 33.7 Å². The predicted molar refractivity (Wildman–Crippen MR) is 67.2 cm³/mol. The lowest BCUT2D eigenvalue weighted by Crippen LogP contribution is -2.38. The molecule has 3 rings (SSSR count). The maximum absolute atomic E-state index is 4.46. The fraction of sp³-hybridized carbons (Fsp3) is 0.500. The van der Waals surface area contributed by atoms with Gasteiger partial charge in [-0.25, -0.2) is 4.52 Å². The smallest absolute Gasteiger partial charge is 0.243 e. The molecule has 0 spiro atoms. The molecule has 1 atom stereocenters. The van der Waals surface area contributed by atoms with E-state index in [0.29, 0.717) is 6.04 Å². The molecular weight excluding hydrogens is 214 g/mol. The summed E-state index contributed by atoms with van der Waals surface area (Å²) < 4.78 is 1.83. The molecule has 2 N–H and O–H groups in total. The molecule has 0 aliphatic carbocycles. The topological polar surface area (TPSA) is 54.2 Å². The van der Waals surface area contributed by atoms with Gasteiger partial charge in [-0.2, -0.15) is 4.98 Å². The van der Waals surface area contributed by atoms with Gasteiger partial charge in [-0.15, -0.1) is 5.10 Å². The third-order valence-electron chi connectivity index (χ3n) is 3.11. The Bertz CT molecular complexity index is 513. The summed E-state index contributed by atoms with van der Waals surface area (Å²) in [4.78, 5) is 4.46. The number of hydrogen-bond donors (Lipinski definition) is 2. The minimum atomic E-state index is 0.447. The number of anilines is 1. The molecule has 1 aliphatic heterocycles. The van der Waals surface area contributed by atoms with Crippen LogP contribution in [0.4, 0.5) is 5.95 Å². The lowest BCUT2D eigenvalue weighted by Gasteiger charge is -2.22. The van der Waals surface area contributed by atoms with E-state index in [4.69, 9.17) is 0 Å². The van der Waals surface area contributed by atoms with Gasteiger partial charge in [0.15, 0.2) is 5.65 Å². The van der Waals surface area contributed by atoms with Crippen LogP contribution in [0.25, 0.3) is 5.65 Å². The highest BCUT2D eigenvalue weighted by Gasteiger charge is 2.14. The molecule has 3 heterocycles. The van der Waals surface area contributed by atoms with Crippen LogP contribution in [0.3, 0.4) is 0 Å². The van der Waals surface area contributed by atoms with E-state index >= 15 is 0 Å². The van der Waals surface area contributed by atoms with Crippen LogP contribution in [-0.2, 0) is 0 Å². The van der Waals surface area contributed by atoms with Crippen molar-refractivity contribution in [2.75, 3.05) is 18.4 Å². The zero-order chi connectivity index (χ0) is 11.7. The second-order valence-electron chi connectivity index (χ2n) is 4.63. The van der Waals surface area contributed by atoms with Gasteiger partial charge in [0, 0.05) is 18.8 Å². The van der Waals surface area contributed by atoms with Crippen molar-refractivity contribution in [3.8, 4) is 0 Å². The zero-order valence-electron chi connectivity index (χ0n) is 9.98. The van der Waals surface area contributed by atoms with Crippen LogP contribution < -0.4 is 10.6 Å². The number of aryl methyl sites for hydroxylation is 1. The summed E-state index contributed by atoms with van der Waals surface area (Å²) >= 11 is 0. The first-order valence-electron chi connectivity index (χ1n) is 6.11. The lowest BCUT2D eigenvalue weighted by atomic mass is 10.1. The number of rotatable bonds is 2. The Morgan fingerprint density at radius 2 is 2.41 bits per heavy atom. The second-order valence-corrected chi connectivity index (χ2v) is 4.63. The number of aromatic nitrogens is 3. The van der Waals surface area contributed by atoms with Crippen molar-refractivity contribution >= 4 is 11.6 Å². The van der Waals surface area contributed by atoms with E-state index in [-0.39, 0.29) is 0 Å². The molecule has 0 aromatic carbocycles. The fourth-order valence-electron chi connectivity index (χ4n) is 2.20.